The molecular formula is C19H19N3O3. The highest BCUT2D eigenvalue weighted by Crippen LogP contribution is 2.40. The van der Waals surface area contributed by atoms with Crippen molar-refractivity contribution in [2.24, 2.45) is 4.99 Å². The summed E-state index contributed by atoms with van der Waals surface area (Å²) >= 11 is 0. The van der Waals surface area contributed by atoms with Crippen LogP contribution in [0.3, 0.4) is 0 Å². The Labute approximate surface area is 145 Å². The minimum absolute atomic E-state index is 0.279. The zero-order chi connectivity index (χ0) is 17.8. The number of aliphatic imine (C=N–C) groups is 1. The van der Waals surface area contributed by atoms with Crippen LogP contribution in [0.4, 0.5) is 11.4 Å². The second-order valence-electron chi connectivity index (χ2n) is 6.54. The third-order valence-electron chi connectivity index (χ3n) is 5.02. The van der Waals surface area contributed by atoms with Gasteiger partial charge in [-0.1, -0.05) is 0 Å². The number of methoxy groups -OCH3 is 1. The molecule has 1 saturated heterocycles. The molecule has 1 aromatic heterocycles. The first-order valence-corrected chi connectivity index (χ1v) is 8.19. The summed E-state index contributed by atoms with van der Waals surface area (Å²) in [7, 11) is 1.55. The van der Waals surface area contributed by atoms with Crippen molar-refractivity contribution in [2.75, 3.05) is 18.6 Å². The maximum atomic E-state index is 13.0. The molecule has 1 fully saturated rings. The first-order chi connectivity index (χ1) is 11.9. The monoisotopic (exact) mass is 337 g/mol. The molecule has 4 rings (SSSR count). The topological polar surface area (TPSA) is 75.0 Å². The van der Waals surface area contributed by atoms with Crippen molar-refractivity contribution in [3.63, 3.8) is 0 Å². The molecular weight excluding hydrogens is 318 g/mol. The van der Waals surface area contributed by atoms with E-state index in [9.17, 15) is 9.90 Å². The van der Waals surface area contributed by atoms with E-state index in [4.69, 9.17) is 4.74 Å². The number of nitrogens with zero attached hydrogens (tertiary/aromatic N) is 3. The summed E-state index contributed by atoms with van der Waals surface area (Å²) in [5.41, 5.74) is 2.40. The molecule has 0 radical (unpaired) electrons. The number of ether oxygens (including phenoxy) is 1. The zero-order valence-corrected chi connectivity index (χ0v) is 14.4. The number of rotatable bonds is 2. The van der Waals surface area contributed by atoms with Gasteiger partial charge in [0.15, 0.2) is 5.60 Å². The number of aliphatic hydroxyl groups is 1. The molecule has 1 aromatic carbocycles. The van der Waals surface area contributed by atoms with Crippen LogP contribution >= 0.6 is 0 Å². The minimum Gasteiger partial charge on any atom is -0.481 e. The van der Waals surface area contributed by atoms with Crippen LogP contribution in [0.15, 0.2) is 35.5 Å². The summed E-state index contributed by atoms with van der Waals surface area (Å²) < 4.78 is 5.17. The van der Waals surface area contributed by atoms with E-state index >= 15 is 0 Å². The Morgan fingerprint density at radius 1 is 1.24 bits per heavy atom. The Bertz CT molecular complexity index is 922. The van der Waals surface area contributed by atoms with Crippen LogP contribution in [0.25, 0.3) is 0 Å². The predicted molar refractivity (Wildman–Crippen MR) is 95.0 cm³/mol. The maximum Gasteiger partial charge on any atom is 0.214 e. The van der Waals surface area contributed by atoms with E-state index in [1.165, 1.54) is 0 Å². The number of hydrogen-bond donors (Lipinski definition) is 1. The number of hydrogen-bond acceptors (Lipinski definition) is 6. The average molecular weight is 337 g/mol. The van der Waals surface area contributed by atoms with Crippen LogP contribution in [-0.4, -0.2) is 41.0 Å². The largest absolute Gasteiger partial charge is 0.481 e. The van der Waals surface area contributed by atoms with Gasteiger partial charge >= 0.3 is 0 Å². The lowest BCUT2D eigenvalue weighted by Crippen LogP contribution is -2.48. The number of amidine groups is 1. The molecule has 2 aromatic rings. The number of pyridine rings is 1. The van der Waals surface area contributed by atoms with Crippen LogP contribution in [0, 0.1) is 13.8 Å². The van der Waals surface area contributed by atoms with Gasteiger partial charge in [0.25, 0.3) is 0 Å². The van der Waals surface area contributed by atoms with Crippen molar-refractivity contribution in [1.29, 1.82) is 0 Å². The zero-order valence-electron chi connectivity index (χ0n) is 14.4. The molecule has 0 amide bonds. The van der Waals surface area contributed by atoms with E-state index < -0.39 is 5.60 Å². The van der Waals surface area contributed by atoms with Crippen molar-refractivity contribution < 1.29 is 14.6 Å². The van der Waals surface area contributed by atoms with Gasteiger partial charge in [0.1, 0.15) is 5.84 Å². The molecule has 0 unspecified atom stereocenters. The summed E-state index contributed by atoms with van der Waals surface area (Å²) in [6, 6.07) is 7.31. The average Bonchev–Trinajstić information content (AvgIpc) is 2.95. The van der Waals surface area contributed by atoms with Crippen LogP contribution in [0.1, 0.15) is 27.9 Å². The lowest BCUT2D eigenvalue weighted by atomic mass is 9.86. The Balaban J connectivity index is 1.86. The Kier molecular flexibility index (Phi) is 3.40. The molecule has 0 bridgehead atoms. The highest BCUT2D eigenvalue weighted by atomic mass is 16.5. The summed E-state index contributed by atoms with van der Waals surface area (Å²) in [4.78, 5) is 23.6. The highest BCUT2D eigenvalue weighted by molar-refractivity contribution is 6.28. The van der Waals surface area contributed by atoms with Gasteiger partial charge in [0, 0.05) is 36.5 Å². The quantitative estimate of drug-likeness (QED) is 0.911. The van der Waals surface area contributed by atoms with Crippen molar-refractivity contribution in [1.82, 2.24) is 4.98 Å². The van der Waals surface area contributed by atoms with Gasteiger partial charge in [-0.3, -0.25) is 4.79 Å². The lowest BCUT2D eigenvalue weighted by Gasteiger charge is -2.30. The standard InChI is InChI=1S/C19H19N3O3/c1-11-8-14-15(9-12(11)2)21-18-19(24,17(14)23)5-7-22(18)13-4-6-20-16(10-13)25-3/h4,6,8-10,24H,5,7H2,1-3H3/t19-/m1/s1. The second-order valence-corrected chi connectivity index (χ2v) is 6.54. The first-order valence-electron chi connectivity index (χ1n) is 8.19. The SMILES string of the molecule is COc1cc(N2CC[C@@]3(O)C(=O)c4cc(C)c(C)cc4N=C23)ccn1. The molecule has 0 aliphatic carbocycles. The van der Waals surface area contributed by atoms with Gasteiger partial charge in [0.05, 0.1) is 12.8 Å². The molecule has 0 spiro atoms. The Morgan fingerprint density at radius 2 is 2.00 bits per heavy atom. The van der Waals surface area contributed by atoms with Crippen LogP contribution < -0.4 is 9.64 Å². The number of benzene rings is 1. The number of aryl methyl sites for hydroxylation is 2. The van der Waals surface area contributed by atoms with Crippen molar-refractivity contribution in [2.45, 2.75) is 25.9 Å². The van der Waals surface area contributed by atoms with Gasteiger partial charge < -0.3 is 14.7 Å². The number of carbonyl (C=O) groups excluding carboxylic acids is 1. The third kappa shape index (κ3) is 2.25. The van der Waals surface area contributed by atoms with E-state index in [-0.39, 0.29) is 5.78 Å². The van der Waals surface area contributed by atoms with Crippen molar-refractivity contribution in [3.8, 4) is 5.88 Å². The molecule has 2 aliphatic heterocycles. The number of carbonyl (C=O) groups is 1. The molecule has 3 heterocycles. The highest BCUT2D eigenvalue weighted by Gasteiger charge is 2.52. The molecule has 0 saturated carbocycles. The van der Waals surface area contributed by atoms with Crippen molar-refractivity contribution >= 4 is 23.0 Å². The summed E-state index contributed by atoms with van der Waals surface area (Å²) in [5, 5.41) is 11.1. The van der Waals surface area contributed by atoms with Crippen LogP contribution in [0.5, 0.6) is 5.88 Å². The number of Topliss-reactive ketones (excluding diaryl/α,β-unsaturated/α-hetero) is 1. The second kappa shape index (κ2) is 5.39. The molecule has 25 heavy (non-hydrogen) atoms. The van der Waals surface area contributed by atoms with Crippen molar-refractivity contribution in [3.05, 3.63) is 47.2 Å². The first kappa shape index (κ1) is 15.8. The molecule has 1 atom stereocenters. The van der Waals surface area contributed by atoms with E-state index in [2.05, 4.69) is 9.98 Å². The van der Waals surface area contributed by atoms with Gasteiger partial charge in [0.2, 0.25) is 11.7 Å². The van der Waals surface area contributed by atoms with E-state index in [0.717, 1.165) is 16.8 Å². The summed E-state index contributed by atoms with van der Waals surface area (Å²) in [6.45, 7) is 4.44. The lowest BCUT2D eigenvalue weighted by molar-refractivity contribution is 0.0602. The summed E-state index contributed by atoms with van der Waals surface area (Å²) in [6.07, 6.45) is 1.94. The van der Waals surface area contributed by atoms with Crippen LogP contribution in [0.2, 0.25) is 0 Å². The fourth-order valence-corrected chi connectivity index (χ4v) is 3.42. The Morgan fingerprint density at radius 3 is 2.76 bits per heavy atom. The van der Waals surface area contributed by atoms with Crippen LogP contribution in [-0.2, 0) is 0 Å². The molecule has 6 heteroatoms. The fraction of sp³-hybridized carbons (Fsp3) is 0.316. The smallest absolute Gasteiger partial charge is 0.214 e. The van der Waals surface area contributed by atoms with E-state index in [1.54, 1.807) is 19.4 Å². The molecule has 6 nitrogen and oxygen atoms in total. The Hall–Kier alpha value is -2.73. The van der Waals surface area contributed by atoms with Gasteiger partial charge in [-0.15, -0.1) is 0 Å². The number of ketones is 1. The third-order valence-corrected chi connectivity index (χ3v) is 5.02. The number of anilines is 1. The number of aromatic nitrogens is 1. The summed E-state index contributed by atoms with van der Waals surface area (Å²) in [5.74, 6) is 0.572. The normalized spacial score (nSPS) is 21.7. The van der Waals surface area contributed by atoms with Gasteiger partial charge in [-0.25, -0.2) is 9.98 Å². The van der Waals surface area contributed by atoms with E-state index in [0.29, 0.717) is 35.9 Å². The maximum absolute atomic E-state index is 13.0. The minimum atomic E-state index is -1.58. The van der Waals surface area contributed by atoms with E-state index in [1.807, 2.05) is 36.9 Å². The molecule has 1 N–H and O–H groups in total. The van der Waals surface area contributed by atoms with Gasteiger partial charge in [-0.2, -0.15) is 0 Å². The molecule has 128 valence electrons. The van der Waals surface area contributed by atoms with Gasteiger partial charge in [-0.05, 0) is 43.2 Å². The molecule has 2 aliphatic rings. The predicted octanol–water partition coefficient (Wildman–Crippen LogP) is 2.57. The fourth-order valence-electron chi connectivity index (χ4n) is 3.42. The number of fused-ring (bicyclic) bond motifs is 2.